The van der Waals surface area contributed by atoms with Gasteiger partial charge >= 0.3 is 0 Å². The monoisotopic (exact) mass is 375 g/mol. The van der Waals surface area contributed by atoms with E-state index in [2.05, 4.69) is 10.6 Å². The molecule has 0 bridgehead atoms. The van der Waals surface area contributed by atoms with E-state index >= 15 is 0 Å². The average molecular weight is 376 g/mol. The van der Waals surface area contributed by atoms with Crippen molar-refractivity contribution in [2.45, 2.75) is 31.7 Å². The topological polar surface area (TPSA) is 93.5 Å². The Bertz CT molecular complexity index is 584. The van der Waals surface area contributed by atoms with Gasteiger partial charge in [-0.3, -0.25) is 9.59 Å². The Morgan fingerprint density at radius 3 is 2.75 bits per heavy atom. The summed E-state index contributed by atoms with van der Waals surface area (Å²) in [6.45, 7) is 0.291. The van der Waals surface area contributed by atoms with Crippen LogP contribution in [0.2, 0.25) is 5.02 Å². The Kier molecular flexibility index (Phi) is 8.31. The number of ether oxygens (including phenoxy) is 1. The molecule has 0 aliphatic heterocycles. The van der Waals surface area contributed by atoms with Gasteiger partial charge in [-0.05, 0) is 37.5 Å². The molecule has 2 amide bonds. The highest BCUT2D eigenvalue weighted by Crippen LogP contribution is 2.27. The third-order valence-corrected chi connectivity index (χ3v) is 4.17. The Labute approximate surface area is 152 Å². The number of carbonyl (C=O) groups is 2. The first-order chi connectivity index (χ1) is 11.0. The van der Waals surface area contributed by atoms with Crippen molar-refractivity contribution in [1.29, 1.82) is 0 Å². The molecule has 1 aromatic rings. The predicted molar refractivity (Wildman–Crippen MR) is 96.8 cm³/mol. The smallest absolute Gasteiger partial charge is 0.226 e. The Morgan fingerprint density at radius 2 is 2.12 bits per heavy atom. The fourth-order valence-corrected chi connectivity index (χ4v) is 2.86. The second-order valence-electron chi connectivity index (χ2n) is 5.70. The van der Waals surface area contributed by atoms with E-state index in [1.54, 1.807) is 18.2 Å². The van der Waals surface area contributed by atoms with Crippen molar-refractivity contribution < 1.29 is 14.3 Å². The summed E-state index contributed by atoms with van der Waals surface area (Å²) in [5, 5.41) is 6.03. The van der Waals surface area contributed by atoms with Crippen molar-refractivity contribution in [3.05, 3.63) is 23.2 Å². The van der Waals surface area contributed by atoms with Crippen molar-refractivity contribution in [3.63, 3.8) is 0 Å². The van der Waals surface area contributed by atoms with E-state index in [1.807, 2.05) is 0 Å². The number of halogens is 2. The Morgan fingerprint density at radius 1 is 1.38 bits per heavy atom. The fourth-order valence-electron chi connectivity index (χ4n) is 2.69. The van der Waals surface area contributed by atoms with Gasteiger partial charge in [0.05, 0.1) is 12.8 Å². The third-order valence-electron chi connectivity index (χ3n) is 3.93. The van der Waals surface area contributed by atoms with Crippen molar-refractivity contribution in [1.82, 2.24) is 5.32 Å². The van der Waals surface area contributed by atoms with Gasteiger partial charge in [0, 0.05) is 29.9 Å². The van der Waals surface area contributed by atoms with Gasteiger partial charge in [0.2, 0.25) is 11.8 Å². The number of hydrogen-bond donors (Lipinski definition) is 3. The van der Waals surface area contributed by atoms with Gasteiger partial charge in [-0.1, -0.05) is 11.6 Å². The van der Waals surface area contributed by atoms with Crippen LogP contribution >= 0.6 is 24.0 Å². The van der Waals surface area contributed by atoms with Crippen molar-refractivity contribution in [2.75, 3.05) is 19.0 Å². The average Bonchev–Trinajstić information content (AvgIpc) is 2.94. The number of amides is 2. The van der Waals surface area contributed by atoms with E-state index in [-0.39, 0.29) is 42.6 Å². The standard InChI is InChI=1S/C16H22ClN3O3.ClH/c1-23-14-5-3-11(17)9-13(14)20-15(21)6-7-19-16(22)10-2-4-12(18)8-10;/h3,5,9-10,12H,2,4,6-8,18H2,1H3,(H,19,22)(H,20,21);1H. The predicted octanol–water partition coefficient (Wildman–Crippen LogP) is 2.34. The SMILES string of the molecule is COc1ccc(Cl)cc1NC(=O)CCNC(=O)C1CCC(N)C1.Cl. The largest absolute Gasteiger partial charge is 0.495 e. The van der Waals surface area contributed by atoms with Gasteiger partial charge in [-0.15, -0.1) is 12.4 Å². The molecule has 2 atom stereocenters. The summed E-state index contributed by atoms with van der Waals surface area (Å²) in [5.41, 5.74) is 6.31. The van der Waals surface area contributed by atoms with E-state index < -0.39 is 0 Å². The number of nitrogens with two attached hydrogens (primary N) is 1. The zero-order valence-electron chi connectivity index (χ0n) is 13.5. The molecule has 0 spiro atoms. The van der Waals surface area contributed by atoms with Crippen molar-refractivity contribution >= 4 is 41.5 Å². The molecule has 0 heterocycles. The van der Waals surface area contributed by atoms with Gasteiger partial charge < -0.3 is 21.1 Å². The molecule has 0 radical (unpaired) electrons. The van der Waals surface area contributed by atoms with Crippen molar-refractivity contribution in [2.24, 2.45) is 11.7 Å². The normalized spacial score (nSPS) is 19.3. The minimum atomic E-state index is -0.214. The van der Waals surface area contributed by atoms with Crippen LogP contribution in [-0.4, -0.2) is 31.5 Å². The van der Waals surface area contributed by atoms with Crippen LogP contribution in [0.3, 0.4) is 0 Å². The molecule has 2 unspecified atom stereocenters. The molecule has 8 heteroatoms. The molecule has 4 N–H and O–H groups in total. The van der Waals surface area contributed by atoms with Gasteiger partial charge in [0.15, 0.2) is 0 Å². The number of anilines is 1. The number of benzene rings is 1. The minimum absolute atomic E-state index is 0. The second-order valence-corrected chi connectivity index (χ2v) is 6.14. The highest BCUT2D eigenvalue weighted by atomic mass is 35.5. The molecule has 24 heavy (non-hydrogen) atoms. The molecule has 1 aliphatic rings. The van der Waals surface area contributed by atoms with Crippen LogP contribution in [0.25, 0.3) is 0 Å². The maximum Gasteiger partial charge on any atom is 0.226 e. The van der Waals surface area contributed by atoms with Crippen molar-refractivity contribution in [3.8, 4) is 5.75 Å². The third kappa shape index (κ3) is 5.85. The van der Waals surface area contributed by atoms with Crippen LogP contribution in [0.1, 0.15) is 25.7 Å². The molecule has 1 fully saturated rings. The summed E-state index contributed by atoms with van der Waals surface area (Å²) in [4.78, 5) is 23.9. The highest BCUT2D eigenvalue weighted by molar-refractivity contribution is 6.31. The van der Waals surface area contributed by atoms with Gasteiger partial charge in [0.25, 0.3) is 0 Å². The Hall–Kier alpha value is -1.50. The zero-order valence-corrected chi connectivity index (χ0v) is 15.1. The molecular weight excluding hydrogens is 353 g/mol. The first-order valence-corrected chi connectivity index (χ1v) is 8.04. The summed E-state index contributed by atoms with van der Waals surface area (Å²) in [6, 6.07) is 5.10. The lowest BCUT2D eigenvalue weighted by Gasteiger charge is -2.12. The number of rotatable bonds is 6. The highest BCUT2D eigenvalue weighted by Gasteiger charge is 2.27. The maximum absolute atomic E-state index is 12.0. The van der Waals surface area contributed by atoms with Crippen LogP contribution in [0, 0.1) is 5.92 Å². The summed E-state index contributed by atoms with van der Waals surface area (Å²) in [5.74, 6) is 0.271. The maximum atomic E-state index is 12.0. The van der Waals surface area contributed by atoms with Crippen LogP contribution in [-0.2, 0) is 9.59 Å². The first kappa shape index (κ1) is 20.5. The van der Waals surface area contributed by atoms with E-state index in [9.17, 15) is 9.59 Å². The van der Waals surface area contributed by atoms with E-state index in [0.717, 1.165) is 19.3 Å². The summed E-state index contributed by atoms with van der Waals surface area (Å²) >= 11 is 5.91. The molecule has 0 saturated heterocycles. The number of nitrogens with one attached hydrogen (secondary N) is 2. The fraction of sp³-hybridized carbons (Fsp3) is 0.500. The minimum Gasteiger partial charge on any atom is -0.495 e. The van der Waals surface area contributed by atoms with Crippen LogP contribution in [0.4, 0.5) is 5.69 Å². The second kappa shape index (κ2) is 9.71. The Balaban J connectivity index is 0.00000288. The van der Waals surface area contributed by atoms with Crippen LogP contribution < -0.4 is 21.1 Å². The molecule has 2 rings (SSSR count). The number of methoxy groups -OCH3 is 1. The quantitative estimate of drug-likeness (QED) is 0.711. The lowest BCUT2D eigenvalue weighted by Crippen LogP contribution is -2.32. The summed E-state index contributed by atoms with van der Waals surface area (Å²) in [7, 11) is 1.52. The first-order valence-electron chi connectivity index (χ1n) is 7.66. The summed E-state index contributed by atoms with van der Waals surface area (Å²) in [6.07, 6.45) is 2.60. The van der Waals surface area contributed by atoms with Crippen LogP contribution in [0.15, 0.2) is 18.2 Å². The van der Waals surface area contributed by atoms with E-state index in [0.29, 0.717) is 23.0 Å². The lowest BCUT2D eigenvalue weighted by atomic mass is 10.1. The number of carbonyl (C=O) groups excluding carboxylic acids is 2. The van der Waals surface area contributed by atoms with Gasteiger partial charge in [0.1, 0.15) is 5.75 Å². The van der Waals surface area contributed by atoms with Crippen LogP contribution in [0.5, 0.6) is 5.75 Å². The van der Waals surface area contributed by atoms with E-state index in [4.69, 9.17) is 22.1 Å². The molecule has 1 saturated carbocycles. The summed E-state index contributed by atoms with van der Waals surface area (Å²) < 4.78 is 5.17. The molecule has 1 aromatic carbocycles. The number of hydrogen-bond acceptors (Lipinski definition) is 4. The molecule has 134 valence electrons. The molecule has 0 aromatic heterocycles. The molecule has 1 aliphatic carbocycles. The van der Waals surface area contributed by atoms with Gasteiger partial charge in [-0.2, -0.15) is 0 Å². The lowest BCUT2D eigenvalue weighted by molar-refractivity contribution is -0.124. The van der Waals surface area contributed by atoms with Gasteiger partial charge in [-0.25, -0.2) is 0 Å². The van der Waals surface area contributed by atoms with E-state index in [1.165, 1.54) is 7.11 Å². The molecular formula is C16H23Cl2N3O3. The molecule has 6 nitrogen and oxygen atoms in total. The zero-order chi connectivity index (χ0) is 16.8.